The Balaban J connectivity index is 1.49. The van der Waals surface area contributed by atoms with Gasteiger partial charge in [-0.15, -0.1) is 0 Å². The van der Waals surface area contributed by atoms with Gasteiger partial charge in [-0.2, -0.15) is 0 Å². The average molecular weight is 484 g/mol. The number of amides is 1. The molecule has 10 heteroatoms. The molecule has 0 atom stereocenters. The molecule has 1 aliphatic rings. The van der Waals surface area contributed by atoms with Crippen LogP contribution in [0.15, 0.2) is 51.9 Å². The van der Waals surface area contributed by atoms with E-state index >= 15 is 0 Å². The van der Waals surface area contributed by atoms with Crippen LogP contribution in [0.1, 0.15) is 29.9 Å². The van der Waals surface area contributed by atoms with Gasteiger partial charge >= 0.3 is 0 Å². The average Bonchev–Trinajstić information content (AvgIpc) is 3.63. The van der Waals surface area contributed by atoms with Crippen LogP contribution >= 0.6 is 0 Å². The smallest absolute Gasteiger partial charge is 0.262 e. The summed E-state index contributed by atoms with van der Waals surface area (Å²) in [5.41, 5.74) is 2.15. The van der Waals surface area contributed by atoms with Crippen LogP contribution in [0, 0.1) is 12.8 Å². The number of hydrogen-bond donors (Lipinski definition) is 2. The summed E-state index contributed by atoms with van der Waals surface area (Å²) in [6, 6.07) is 11.2. The minimum atomic E-state index is -3.86. The maximum Gasteiger partial charge on any atom is 0.262 e. The topological polar surface area (TPSA) is 120 Å². The van der Waals surface area contributed by atoms with E-state index in [0.717, 1.165) is 18.4 Å². The van der Waals surface area contributed by atoms with E-state index in [-0.39, 0.29) is 22.4 Å². The van der Waals surface area contributed by atoms with Crippen LogP contribution in [0.5, 0.6) is 11.5 Å². The summed E-state index contributed by atoms with van der Waals surface area (Å²) in [7, 11) is -0.905. The van der Waals surface area contributed by atoms with E-state index in [4.69, 9.17) is 14.0 Å². The predicted octanol–water partition coefficient (Wildman–Crippen LogP) is 4.32. The Hall–Kier alpha value is -3.79. The fraction of sp³-hybridized carbons (Fsp3) is 0.250. The fourth-order valence-corrected chi connectivity index (χ4v) is 4.31. The van der Waals surface area contributed by atoms with Crippen LogP contribution in [0.2, 0.25) is 0 Å². The first kappa shape index (κ1) is 23.4. The highest BCUT2D eigenvalue weighted by molar-refractivity contribution is 7.92. The standard InChI is InChI=1S/C24H25N3O6S/c1-15-23(25-24(28)17-7-8-17)22(33-26-15)12-6-16-4-10-19(11-5-16)34(29,30)27-20-14-18(31-2)9-13-21(20)32-3/h4-6,9-14,17,27H,7-8H2,1-3H3,(H,25,28). The van der Waals surface area contributed by atoms with Gasteiger partial charge in [0.15, 0.2) is 5.76 Å². The number of carbonyl (C=O) groups is 1. The predicted molar refractivity (Wildman–Crippen MR) is 128 cm³/mol. The van der Waals surface area contributed by atoms with Gasteiger partial charge in [-0.25, -0.2) is 8.42 Å². The molecule has 34 heavy (non-hydrogen) atoms. The highest BCUT2D eigenvalue weighted by Crippen LogP contribution is 2.32. The summed E-state index contributed by atoms with van der Waals surface area (Å²) in [6.45, 7) is 1.76. The number of nitrogens with zero attached hydrogens (tertiary/aromatic N) is 1. The van der Waals surface area contributed by atoms with Gasteiger partial charge in [0.05, 0.1) is 24.8 Å². The van der Waals surface area contributed by atoms with Crippen LogP contribution in [-0.2, 0) is 14.8 Å². The number of anilines is 2. The number of aromatic nitrogens is 1. The lowest BCUT2D eigenvalue weighted by atomic mass is 10.2. The zero-order chi connectivity index (χ0) is 24.3. The quantitative estimate of drug-likeness (QED) is 0.465. The number of carbonyl (C=O) groups excluding carboxylic acids is 1. The van der Waals surface area contributed by atoms with Crippen molar-refractivity contribution in [3.63, 3.8) is 0 Å². The van der Waals surface area contributed by atoms with Crippen molar-refractivity contribution in [2.45, 2.75) is 24.7 Å². The van der Waals surface area contributed by atoms with Crippen LogP contribution < -0.4 is 19.5 Å². The normalized spacial score (nSPS) is 13.6. The molecule has 0 spiro atoms. The lowest BCUT2D eigenvalue weighted by Crippen LogP contribution is -2.14. The molecule has 1 amide bonds. The third kappa shape index (κ3) is 5.23. The third-order valence-corrected chi connectivity index (χ3v) is 6.74. The third-order valence-electron chi connectivity index (χ3n) is 5.35. The minimum absolute atomic E-state index is 0.0318. The highest BCUT2D eigenvalue weighted by Gasteiger charge is 2.30. The van der Waals surface area contributed by atoms with Gasteiger partial charge in [-0.3, -0.25) is 9.52 Å². The Morgan fingerprint density at radius 3 is 2.47 bits per heavy atom. The van der Waals surface area contributed by atoms with Crippen molar-refractivity contribution in [1.82, 2.24) is 5.16 Å². The first-order chi connectivity index (χ1) is 16.3. The van der Waals surface area contributed by atoms with Gasteiger partial charge in [-0.1, -0.05) is 23.4 Å². The first-order valence-electron chi connectivity index (χ1n) is 10.6. The molecule has 178 valence electrons. The molecule has 4 rings (SSSR count). The molecule has 0 bridgehead atoms. The lowest BCUT2D eigenvalue weighted by Gasteiger charge is -2.13. The molecular weight excluding hydrogens is 458 g/mol. The molecule has 3 aromatic rings. The number of rotatable bonds is 9. The Morgan fingerprint density at radius 2 is 1.82 bits per heavy atom. The van der Waals surface area contributed by atoms with Gasteiger partial charge in [0.25, 0.3) is 10.0 Å². The maximum absolute atomic E-state index is 12.9. The van der Waals surface area contributed by atoms with E-state index in [1.165, 1.54) is 26.4 Å². The largest absolute Gasteiger partial charge is 0.497 e. The molecule has 1 aliphatic carbocycles. The van der Waals surface area contributed by atoms with E-state index < -0.39 is 10.0 Å². The summed E-state index contributed by atoms with van der Waals surface area (Å²) in [5, 5.41) is 6.80. The van der Waals surface area contributed by atoms with E-state index in [1.807, 2.05) is 0 Å². The lowest BCUT2D eigenvalue weighted by molar-refractivity contribution is -0.117. The van der Waals surface area contributed by atoms with Crippen molar-refractivity contribution in [3.8, 4) is 11.5 Å². The maximum atomic E-state index is 12.9. The Morgan fingerprint density at radius 1 is 1.09 bits per heavy atom. The molecule has 2 N–H and O–H groups in total. The second-order valence-corrected chi connectivity index (χ2v) is 9.53. The van der Waals surface area contributed by atoms with Crippen LogP contribution in [0.3, 0.4) is 0 Å². The Labute approximate surface area is 197 Å². The molecule has 2 aromatic carbocycles. The Kier molecular flexibility index (Phi) is 6.60. The molecule has 0 unspecified atom stereocenters. The van der Waals surface area contributed by atoms with Gasteiger partial charge in [-0.05, 0) is 55.7 Å². The van der Waals surface area contributed by atoms with Gasteiger partial charge in [0.2, 0.25) is 5.91 Å². The summed E-state index contributed by atoms with van der Waals surface area (Å²) >= 11 is 0. The second kappa shape index (κ2) is 9.60. The van der Waals surface area contributed by atoms with Crippen molar-refractivity contribution in [1.29, 1.82) is 0 Å². The number of benzene rings is 2. The van der Waals surface area contributed by atoms with Crippen molar-refractivity contribution >= 4 is 39.5 Å². The molecule has 1 saturated carbocycles. The van der Waals surface area contributed by atoms with Gasteiger partial charge in [0, 0.05) is 12.0 Å². The number of hydrogen-bond acceptors (Lipinski definition) is 7. The number of nitrogens with one attached hydrogen (secondary N) is 2. The number of sulfonamides is 1. The number of methoxy groups -OCH3 is 2. The second-order valence-electron chi connectivity index (χ2n) is 7.84. The summed E-state index contributed by atoms with van der Waals surface area (Å²) in [6.07, 6.45) is 5.24. The highest BCUT2D eigenvalue weighted by atomic mass is 32.2. The molecule has 0 radical (unpaired) electrons. The molecular formula is C24H25N3O6S. The van der Waals surface area contributed by atoms with Crippen LogP contribution in [-0.4, -0.2) is 33.7 Å². The van der Waals surface area contributed by atoms with Crippen LogP contribution in [0.25, 0.3) is 12.2 Å². The number of ether oxygens (including phenoxy) is 2. The van der Waals surface area contributed by atoms with Crippen molar-refractivity contribution in [2.24, 2.45) is 5.92 Å². The monoisotopic (exact) mass is 483 g/mol. The molecule has 1 fully saturated rings. The molecule has 9 nitrogen and oxygen atoms in total. The molecule has 1 heterocycles. The van der Waals surface area contributed by atoms with E-state index in [1.54, 1.807) is 49.4 Å². The van der Waals surface area contributed by atoms with E-state index in [9.17, 15) is 13.2 Å². The van der Waals surface area contributed by atoms with Gasteiger partial charge in [0.1, 0.15) is 22.9 Å². The SMILES string of the molecule is COc1ccc(OC)c(NS(=O)(=O)c2ccc(C=Cc3onc(C)c3NC(=O)C3CC3)cc2)c1. The first-order valence-corrected chi connectivity index (χ1v) is 12.1. The summed E-state index contributed by atoms with van der Waals surface area (Å²) in [5.74, 6) is 1.32. The van der Waals surface area contributed by atoms with Gasteiger partial charge < -0.3 is 19.3 Å². The summed E-state index contributed by atoms with van der Waals surface area (Å²) < 4.78 is 44.0. The van der Waals surface area contributed by atoms with Crippen molar-refractivity contribution in [3.05, 3.63) is 59.5 Å². The van der Waals surface area contributed by atoms with Crippen molar-refractivity contribution in [2.75, 3.05) is 24.3 Å². The molecule has 1 aromatic heterocycles. The van der Waals surface area contributed by atoms with Crippen molar-refractivity contribution < 1.29 is 27.2 Å². The molecule has 0 saturated heterocycles. The summed E-state index contributed by atoms with van der Waals surface area (Å²) in [4.78, 5) is 12.2. The molecule has 0 aliphatic heterocycles. The minimum Gasteiger partial charge on any atom is -0.497 e. The zero-order valence-electron chi connectivity index (χ0n) is 19.0. The van der Waals surface area contributed by atoms with E-state index in [0.29, 0.717) is 28.6 Å². The Bertz CT molecular complexity index is 1330. The van der Waals surface area contributed by atoms with E-state index in [2.05, 4.69) is 15.2 Å². The van der Waals surface area contributed by atoms with Crippen LogP contribution in [0.4, 0.5) is 11.4 Å². The zero-order valence-corrected chi connectivity index (χ0v) is 19.8. The number of aryl methyl sites for hydroxylation is 1. The fourth-order valence-electron chi connectivity index (χ4n) is 3.25.